The molecule has 11 heteroatoms. The van der Waals surface area contributed by atoms with Gasteiger partial charge in [0, 0.05) is 0 Å². The fraction of sp³-hybridized carbons (Fsp3) is 0.188. The Balaban J connectivity index is 1.51. The van der Waals surface area contributed by atoms with Crippen LogP contribution in [0, 0.1) is 0 Å². The van der Waals surface area contributed by atoms with E-state index in [-0.39, 0.29) is 5.91 Å². The first kappa shape index (κ1) is 18.0. The van der Waals surface area contributed by atoms with Gasteiger partial charge in [0.15, 0.2) is 0 Å². The molecule has 3 heterocycles. The van der Waals surface area contributed by atoms with E-state index in [9.17, 15) is 4.79 Å². The molecule has 8 nitrogen and oxygen atoms in total. The zero-order chi connectivity index (χ0) is 18.8. The van der Waals surface area contributed by atoms with Crippen LogP contribution in [-0.2, 0) is 6.67 Å². The number of benzene rings is 1. The molecule has 0 spiro atoms. The molecule has 0 saturated carbocycles. The van der Waals surface area contributed by atoms with E-state index >= 15 is 0 Å². The number of para-hydroxylation sites is 1. The van der Waals surface area contributed by atoms with Crippen molar-refractivity contribution in [3.8, 4) is 0 Å². The van der Waals surface area contributed by atoms with E-state index in [1.54, 1.807) is 21.8 Å². The lowest BCUT2D eigenvalue weighted by Crippen LogP contribution is -2.13. The third-order valence-electron chi connectivity index (χ3n) is 3.83. The second-order valence-corrected chi connectivity index (χ2v) is 8.14. The average molecular weight is 418 g/mol. The lowest BCUT2D eigenvalue weighted by atomic mass is 10.3. The number of carbonyl (C=O) groups is 1. The minimum Gasteiger partial charge on any atom is -0.319 e. The summed E-state index contributed by atoms with van der Waals surface area (Å²) in [5, 5.41) is 16.2. The molecule has 1 amide bonds. The van der Waals surface area contributed by atoms with Crippen LogP contribution in [0.2, 0.25) is 0 Å². The van der Waals surface area contributed by atoms with E-state index in [2.05, 4.69) is 25.1 Å². The fourth-order valence-electron chi connectivity index (χ4n) is 2.59. The predicted octanol–water partition coefficient (Wildman–Crippen LogP) is 3.29. The number of thioether (sulfide) groups is 2. The smallest absolute Gasteiger partial charge is 0.260 e. The van der Waals surface area contributed by atoms with Crippen LogP contribution in [0.1, 0.15) is 10.4 Å². The van der Waals surface area contributed by atoms with E-state index in [1.165, 1.54) is 35.1 Å². The fourth-order valence-corrected chi connectivity index (χ4v) is 4.87. The quantitative estimate of drug-likeness (QED) is 0.481. The van der Waals surface area contributed by atoms with Crippen molar-refractivity contribution >= 4 is 57.7 Å². The molecule has 1 N–H and O–H groups in total. The van der Waals surface area contributed by atoms with Gasteiger partial charge in [0.25, 0.3) is 5.91 Å². The van der Waals surface area contributed by atoms with E-state index in [1.807, 2.05) is 36.8 Å². The van der Waals surface area contributed by atoms with Crippen molar-refractivity contribution in [1.82, 2.24) is 29.1 Å². The molecule has 0 aliphatic rings. The van der Waals surface area contributed by atoms with Gasteiger partial charge in [0.05, 0.1) is 33.4 Å². The lowest BCUT2D eigenvalue weighted by molar-refractivity contribution is 0.102. The van der Waals surface area contributed by atoms with Crippen LogP contribution in [-0.4, -0.2) is 47.6 Å². The maximum atomic E-state index is 12.7. The molecule has 3 aromatic heterocycles. The molecule has 138 valence electrons. The Labute approximate surface area is 167 Å². The summed E-state index contributed by atoms with van der Waals surface area (Å²) in [5.41, 5.74) is 3.00. The number of aromatic nitrogens is 6. The van der Waals surface area contributed by atoms with Gasteiger partial charge in [0.1, 0.15) is 17.2 Å². The standard InChI is InChI=1S/C16H15N7OS3/c1-25-15-13(16(26-2)27-20-15)14(24)18-10-7-17-22(8-10)9-23-12-6-4-3-5-11(12)19-21-23/h3-8H,9H2,1-2H3,(H,18,24). The van der Waals surface area contributed by atoms with Gasteiger partial charge >= 0.3 is 0 Å². The SMILES string of the molecule is CSc1nsc(SC)c1C(=O)Nc1cnn(Cn2nnc3ccccc32)c1. The second-order valence-electron chi connectivity index (χ2n) is 5.50. The number of fused-ring (bicyclic) bond motifs is 1. The maximum absolute atomic E-state index is 12.7. The van der Waals surface area contributed by atoms with Crippen LogP contribution in [0.25, 0.3) is 11.0 Å². The molecule has 0 aliphatic heterocycles. The molecule has 0 atom stereocenters. The van der Waals surface area contributed by atoms with Crippen molar-refractivity contribution in [2.24, 2.45) is 0 Å². The largest absolute Gasteiger partial charge is 0.319 e. The summed E-state index contributed by atoms with van der Waals surface area (Å²) in [5.74, 6) is -0.178. The van der Waals surface area contributed by atoms with Crippen LogP contribution in [0.5, 0.6) is 0 Å². The minimum absolute atomic E-state index is 0.178. The summed E-state index contributed by atoms with van der Waals surface area (Å²) in [6.45, 7) is 0.405. The van der Waals surface area contributed by atoms with Crippen molar-refractivity contribution in [2.45, 2.75) is 15.9 Å². The van der Waals surface area contributed by atoms with Gasteiger partial charge in [-0.25, -0.2) is 9.36 Å². The van der Waals surface area contributed by atoms with Crippen molar-refractivity contribution < 1.29 is 4.79 Å². The molecule has 27 heavy (non-hydrogen) atoms. The molecule has 0 radical (unpaired) electrons. The number of nitrogens with one attached hydrogen (secondary N) is 1. The Hall–Kier alpha value is -2.37. The number of amides is 1. The number of carbonyl (C=O) groups excluding carboxylic acids is 1. The zero-order valence-electron chi connectivity index (χ0n) is 14.5. The minimum atomic E-state index is -0.178. The Morgan fingerprint density at radius 1 is 1.26 bits per heavy atom. The van der Waals surface area contributed by atoms with Crippen LogP contribution in [0.4, 0.5) is 5.69 Å². The number of anilines is 1. The Morgan fingerprint density at radius 3 is 2.93 bits per heavy atom. The highest BCUT2D eigenvalue weighted by atomic mass is 32.2. The van der Waals surface area contributed by atoms with Gasteiger partial charge < -0.3 is 5.32 Å². The van der Waals surface area contributed by atoms with E-state index in [0.29, 0.717) is 17.9 Å². The molecule has 4 aromatic rings. The third-order valence-corrected chi connectivity index (χ3v) is 6.57. The monoisotopic (exact) mass is 417 g/mol. The third kappa shape index (κ3) is 3.57. The first-order chi connectivity index (χ1) is 13.2. The van der Waals surface area contributed by atoms with Gasteiger partial charge in [-0.05, 0) is 36.2 Å². The van der Waals surface area contributed by atoms with Crippen LogP contribution < -0.4 is 5.32 Å². The van der Waals surface area contributed by atoms with Gasteiger partial charge in [0.2, 0.25) is 0 Å². The van der Waals surface area contributed by atoms with Gasteiger partial charge in [-0.3, -0.25) is 4.79 Å². The summed E-state index contributed by atoms with van der Waals surface area (Å²) in [6, 6.07) is 7.74. The molecule has 0 aliphatic carbocycles. The van der Waals surface area contributed by atoms with Crippen LogP contribution >= 0.6 is 35.1 Å². The number of rotatable bonds is 6. The molecule has 0 saturated heterocycles. The van der Waals surface area contributed by atoms with Crippen molar-refractivity contribution in [2.75, 3.05) is 17.8 Å². The van der Waals surface area contributed by atoms with Crippen molar-refractivity contribution in [1.29, 1.82) is 0 Å². The second kappa shape index (κ2) is 7.71. The Kier molecular flexibility index (Phi) is 5.14. The summed E-state index contributed by atoms with van der Waals surface area (Å²) in [6.07, 6.45) is 7.24. The van der Waals surface area contributed by atoms with Crippen molar-refractivity contribution in [3.05, 3.63) is 42.2 Å². The summed E-state index contributed by atoms with van der Waals surface area (Å²) in [4.78, 5) is 12.7. The van der Waals surface area contributed by atoms with Gasteiger partial charge in [-0.2, -0.15) is 9.47 Å². The number of hydrogen-bond donors (Lipinski definition) is 1. The first-order valence-electron chi connectivity index (χ1n) is 7.89. The molecule has 0 bridgehead atoms. The Morgan fingerprint density at radius 2 is 2.11 bits per heavy atom. The normalized spacial score (nSPS) is 11.2. The lowest BCUT2D eigenvalue weighted by Gasteiger charge is -2.04. The predicted molar refractivity (Wildman–Crippen MR) is 109 cm³/mol. The molecule has 4 rings (SSSR count). The number of hydrogen-bond acceptors (Lipinski definition) is 8. The van der Waals surface area contributed by atoms with Gasteiger partial charge in [-0.1, -0.05) is 17.3 Å². The van der Waals surface area contributed by atoms with Crippen LogP contribution in [0.15, 0.2) is 45.9 Å². The zero-order valence-corrected chi connectivity index (χ0v) is 16.9. The molecule has 1 aromatic carbocycles. The summed E-state index contributed by atoms with van der Waals surface area (Å²) in [7, 11) is 0. The first-order valence-corrected chi connectivity index (χ1v) is 11.1. The van der Waals surface area contributed by atoms with Gasteiger partial charge in [-0.15, -0.1) is 28.6 Å². The maximum Gasteiger partial charge on any atom is 0.260 e. The van der Waals surface area contributed by atoms with E-state index in [4.69, 9.17) is 0 Å². The average Bonchev–Trinajstić information content (AvgIpc) is 3.40. The topological polar surface area (TPSA) is 90.5 Å². The highest BCUT2D eigenvalue weighted by molar-refractivity contribution is 8.01. The summed E-state index contributed by atoms with van der Waals surface area (Å²) < 4.78 is 8.70. The number of nitrogens with zero attached hydrogens (tertiary/aromatic N) is 6. The molecular weight excluding hydrogens is 402 g/mol. The van der Waals surface area contributed by atoms with E-state index in [0.717, 1.165) is 20.3 Å². The van der Waals surface area contributed by atoms with E-state index < -0.39 is 0 Å². The van der Waals surface area contributed by atoms with Crippen LogP contribution in [0.3, 0.4) is 0 Å². The van der Waals surface area contributed by atoms with Crippen molar-refractivity contribution in [3.63, 3.8) is 0 Å². The molecule has 0 fully saturated rings. The highest BCUT2D eigenvalue weighted by Crippen LogP contribution is 2.33. The molecular formula is C16H15N7OS3. The summed E-state index contributed by atoms with van der Waals surface area (Å²) >= 11 is 4.33. The molecule has 0 unspecified atom stereocenters. The highest BCUT2D eigenvalue weighted by Gasteiger charge is 2.20. The Bertz CT molecular complexity index is 1080.